The van der Waals surface area contributed by atoms with Gasteiger partial charge >= 0.3 is 6.16 Å². The van der Waals surface area contributed by atoms with Crippen molar-refractivity contribution in [2.45, 2.75) is 60.8 Å². The molecule has 1 N–H and O–H groups in total. The number of nitrogens with zero attached hydrogens (tertiary/aromatic N) is 1. The summed E-state index contributed by atoms with van der Waals surface area (Å²) < 4.78 is 11.1. The average molecular weight is 394 g/mol. The summed E-state index contributed by atoms with van der Waals surface area (Å²) in [6.07, 6.45) is 2.23. The Kier molecular flexibility index (Phi) is 10.0. The summed E-state index contributed by atoms with van der Waals surface area (Å²) in [6.45, 7) is 15.8. The van der Waals surface area contributed by atoms with E-state index in [1.54, 1.807) is 12.1 Å². The van der Waals surface area contributed by atoms with Gasteiger partial charge in [-0.2, -0.15) is 0 Å². The minimum absolute atomic E-state index is 0.000697. The lowest BCUT2D eigenvalue weighted by Crippen LogP contribution is -2.52. The molecule has 0 spiro atoms. The van der Waals surface area contributed by atoms with E-state index in [-0.39, 0.29) is 5.91 Å². The van der Waals surface area contributed by atoms with Crippen molar-refractivity contribution in [2.75, 3.05) is 38.1 Å². The highest BCUT2D eigenvalue weighted by atomic mass is 16.7. The van der Waals surface area contributed by atoms with Crippen LogP contribution >= 0.6 is 0 Å². The van der Waals surface area contributed by atoms with E-state index in [4.69, 9.17) is 9.47 Å². The van der Waals surface area contributed by atoms with Gasteiger partial charge in [0.25, 0.3) is 5.91 Å². The summed E-state index contributed by atoms with van der Waals surface area (Å²) in [5.41, 5.74) is 2.48. The Labute approximate surface area is 169 Å². The molecule has 0 radical (unpaired) electrons. The molecule has 158 valence electrons. The molecule has 0 aliphatic rings. The zero-order valence-electron chi connectivity index (χ0n) is 18.4. The Balaban J connectivity index is 2.75. The molecule has 0 saturated carbocycles. The van der Waals surface area contributed by atoms with Crippen LogP contribution in [0.5, 0.6) is 5.75 Å². The van der Waals surface area contributed by atoms with E-state index in [1.807, 2.05) is 13.8 Å². The van der Waals surface area contributed by atoms with Crippen molar-refractivity contribution in [1.82, 2.24) is 0 Å². The number of benzene rings is 1. The van der Waals surface area contributed by atoms with Crippen molar-refractivity contribution >= 4 is 17.7 Å². The molecule has 0 aliphatic heterocycles. The van der Waals surface area contributed by atoms with Gasteiger partial charge in [0.2, 0.25) is 0 Å². The van der Waals surface area contributed by atoms with Crippen molar-refractivity contribution < 1.29 is 23.5 Å². The molecule has 0 heterocycles. The average Bonchev–Trinajstić information content (AvgIpc) is 2.66. The molecule has 0 atom stereocenters. The van der Waals surface area contributed by atoms with E-state index in [1.165, 1.54) is 0 Å². The smallest absolute Gasteiger partial charge is 0.434 e. The van der Waals surface area contributed by atoms with E-state index in [0.29, 0.717) is 18.9 Å². The predicted molar refractivity (Wildman–Crippen MR) is 113 cm³/mol. The Morgan fingerprint density at radius 3 is 2.04 bits per heavy atom. The monoisotopic (exact) mass is 393 g/mol. The van der Waals surface area contributed by atoms with Crippen LogP contribution in [0.3, 0.4) is 0 Å². The number of hydrogen-bond acceptors (Lipinski definition) is 4. The third kappa shape index (κ3) is 7.15. The molecule has 28 heavy (non-hydrogen) atoms. The predicted octanol–water partition coefficient (Wildman–Crippen LogP) is 4.82. The quantitative estimate of drug-likeness (QED) is 0.253. The van der Waals surface area contributed by atoms with Gasteiger partial charge in [-0.25, -0.2) is 4.79 Å². The van der Waals surface area contributed by atoms with Crippen molar-refractivity contribution in [2.24, 2.45) is 0 Å². The summed E-state index contributed by atoms with van der Waals surface area (Å²) >= 11 is 0. The van der Waals surface area contributed by atoms with E-state index in [0.717, 1.165) is 60.2 Å². The highest BCUT2D eigenvalue weighted by Gasteiger charge is 2.25. The number of carbonyl (C=O) groups excluding carboxylic acids is 2. The maximum atomic E-state index is 12.6. The van der Waals surface area contributed by atoms with Gasteiger partial charge in [-0.3, -0.25) is 4.79 Å². The van der Waals surface area contributed by atoms with Gasteiger partial charge in [-0.1, -0.05) is 19.8 Å². The number of aryl methyl sites for hydroxylation is 2. The lowest BCUT2D eigenvalue weighted by molar-refractivity contribution is -0.915. The van der Waals surface area contributed by atoms with Crippen LogP contribution in [-0.4, -0.2) is 49.3 Å². The van der Waals surface area contributed by atoms with Crippen LogP contribution in [-0.2, 0) is 9.53 Å². The van der Waals surface area contributed by atoms with E-state index in [9.17, 15) is 9.59 Å². The third-order valence-corrected chi connectivity index (χ3v) is 5.43. The Bertz CT molecular complexity index is 623. The van der Waals surface area contributed by atoms with Crippen LogP contribution in [0.4, 0.5) is 10.5 Å². The van der Waals surface area contributed by atoms with Gasteiger partial charge in [0, 0.05) is 5.69 Å². The molecule has 0 aromatic heterocycles. The number of nitrogens with one attached hydrogen (secondary N) is 1. The second-order valence-electron chi connectivity index (χ2n) is 7.34. The summed E-state index contributed by atoms with van der Waals surface area (Å²) in [4.78, 5) is 24.4. The van der Waals surface area contributed by atoms with Crippen molar-refractivity contribution in [3.8, 4) is 5.75 Å². The maximum absolute atomic E-state index is 12.6. The first kappa shape index (κ1) is 24.0. The van der Waals surface area contributed by atoms with E-state index in [2.05, 4.69) is 33.0 Å². The van der Waals surface area contributed by atoms with Crippen LogP contribution in [0, 0.1) is 13.8 Å². The standard InChI is InChI=1S/C22H36N2O4/c1-7-11-12-13-27-22(26)28-19-14-17(5)21(18(6)15-19)23-20(25)16-24(8-2,9-3)10-4/h14-15H,7-13,16H2,1-6H3/p+1. The number of amides is 1. The van der Waals surface area contributed by atoms with E-state index < -0.39 is 6.16 Å². The molecular weight excluding hydrogens is 356 g/mol. The first-order valence-electron chi connectivity index (χ1n) is 10.4. The summed E-state index contributed by atoms with van der Waals surface area (Å²) in [7, 11) is 0. The first-order chi connectivity index (χ1) is 13.3. The lowest BCUT2D eigenvalue weighted by Gasteiger charge is -2.35. The van der Waals surface area contributed by atoms with Gasteiger partial charge in [0.15, 0.2) is 6.54 Å². The molecular formula is C22H37N2O4+. The van der Waals surface area contributed by atoms with Crippen molar-refractivity contribution in [1.29, 1.82) is 0 Å². The molecule has 0 aliphatic carbocycles. The number of anilines is 1. The van der Waals surface area contributed by atoms with Gasteiger partial charge < -0.3 is 19.3 Å². The van der Waals surface area contributed by atoms with Gasteiger partial charge in [-0.05, 0) is 64.3 Å². The molecule has 1 aromatic carbocycles. The lowest BCUT2D eigenvalue weighted by atomic mass is 10.1. The van der Waals surface area contributed by atoms with E-state index >= 15 is 0 Å². The molecule has 0 saturated heterocycles. The van der Waals surface area contributed by atoms with Crippen molar-refractivity contribution in [3.63, 3.8) is 0 Å². The second kappa shape index (κ2) is 11.7. The highest BCUT2D eigenvalue weighted by Crippen LogP contribution is 2.27. The summed E-state index contributed by atoms with van der Waals surface area (Å²) in [5, 5.41) is 3.04. The van der Waals surface area contributed by atoms with Crippen LogP contribution in [0.2, 0.25) is 0 Å². The first-order valence-corrected chi connectivity index (χ1v) is 10.4. The molecule has 0 bridgehead atoms. The minimum Gasteiger partial charge on any atom is -0.434 e. The Hall–Kier alpha value is -2.08. The van der Waals surface area contributed by atoms with Crippen LogP contribution in [0.15, 0.2) is 12.1 Å². The normalized spacial score (nSPS) is 11.2. The van der Waals surface area contributed by atoms with Gasteiger partial charge in [0.1, 0.15) is 5.75 Å². The zero-order valence-corrected chi connectivity index (χ0v) is 18.4. The zero-order chi connectivity index (χ0) is 21.2. The van der Waals surface area contributed by atoms with Gasteiger partial charge in [0.05, 0.1) is 26.2 Å². The summed E-state index contributed by atoms with van der Waals surface area (Å²) in [5.74, 6) is 0.426. The molecule has 1 amide bonds. The van der Waals surface area contributed by atoms with Crippen LogP contribution < -0.4 is 10.1 Å². The number of rotatable bonds is 11. The van der Waals surface area contributed by atoms with Crippen molar-refractivity contribution in [3.05, 3.63) is 23.3 Å². The van der Waals surface area contributed by atoms with Crippen LogP contribution in [0.25, 0.3) is 0 Å². The highest BCUT2D eigenvalue weighted by molar-refractivity contribution is 5.93. The molecule has 6 nitrogen and oxygen atoms in total. The fourth-order valence-electron chi connectivity index (χ4n) is 3.30. The molecule has 6 heteroatoms. The third-order valence-electron chi connectivity index (χ3n) is 5.43. The SMILES string of the molecule is CCCCCOC(=O)Oc1cc(C)c(NC(=O)C[N+](CC)(CC)CC)c(C)c1. The topological polar surface area (TPSA) is 64.6 Å². The van der Waals surface area contributed by atoms with Crippen LogP contribution in [0.1, 0.15) is 58.1 Å². The number of hydrogen-bond donors (Lipinski definition) is 1. The molecule has 0 fully saturated rings. The Morgan fingerprint density at radius 2 is 1.54 bits per heavy atom. The number of quaternary nitrogens is 1. The fraction of sp³-hybridized carbons (Fsp3) is 0.636. The fourth-order valence-corrected chi connectivity index (χ4v) is 3.30. The molecule has 1 aromatic rings. The number of unbranched alkanes of at least 4 members (excludes halogenated alkanes) is 2. The second-order valence-corrected chi connectivity index (χ2v) is 7.34. The number of likely N-dealkylation sites (N-methyl/N-ethyl adjacent to an activating group) is 1. The number of carbonyl (C=O) groups is 2. The number of ether oxygens (including phenoxy) is 2. The molecule has 0 unspecified atom stereocenters. The summed E-state index contributed by atoms with van der Waals surface area (Å²) in [6, 6.07) is 3.50. The van der Waals surface area contributed by atoms with Gasteiger partial charge in [-0.15, -0.1) is 0 Å². The minimum atomic E-state index is -0.692. The molecule has 1 rings (SSSR count). The largest absolute Gasteiger partial charge is 0.513 e. The Morgan fingerprint density at radius 1 is 0.964 bits per heavy atom. The maximum Gasteiger partial charge on any atom is 0.513 e.